The second-order valence-electron chi connectivity index (χ2n) is 2.94. The molecule has 1 aromatic rings. The second-order valence-corrected chi connectivity index (χ2v) is 3.79. The fourth-order valence-corrected chi connectivity index (χ4v) is 1.34. The van der Waals surface area contributed by atoms with E-state index < -0.39 is 0 Å². The molecule has 0 radical (unpaired) electrons. The van der Waals surface area contributed by atoms with Gasteiger partial charge in [0.2, 0.25) is 5.91 Å². The lowest BCUT2D eigenvalue weighted by molar-refractivity contribution is -0.118. The van der Waals surface area contributed by atoms with Gasteiger partial charge in [-0.25, -0.2) is 9.97 Å². The predicted octanol–water partition coefficient (Wildman–Crippen LogP) is 0.915. The summed E-state index contributed by atoms with van der Waals surface area (Å²) in [6.45, 7) is 1.86. The van der Waals surface area contributed by atoms with E-state index in [2.05, 4.69) is 31.2 Å². The normalized spacial score (nSPS) is 12.1. The number of hydrogen-bond acceptors (Lipinski definition) is 4. The molecule has 0 saturated carbocycles. The first kappa shape index (κ1) is 10.9. The molecule has 0 fully saturated rings. The molecule has 1 aromatic heterocycles. The summed E-state index contributed by atoms with van der Waals surface area (Å²) < 4.78 is 0.760. The maximum atomic E-state index is 10.6. The van der Waals surface area contributed by atoms with E-state index in [0.29, 0.717) is 5.82 Å². The molecule has 1 heterocycles. The summed E-state index contributed by atoms with van der Waals surface area (Å²) in [7, 11) is 0. The van der Waals surface area contributed by atoms with Gasteiger partial charge in [-0.2, -0.15) is 0 Å². The fraction of sp³-hybridized carbons (Fsp3) is 0.375. The number of aromatic nitrogens is 2. The van der Waals surface area contributed by atoms with Crippen molar-refractivity contribution >= 4 is 27.7 Å². The average Bonchev–Trinajstić information content (AvgIpc) is 2.07. The molecule has 0 aliphatic heterocycles. The third-order valence-electron chi connectivity index (χ3n) is 1.56. The molecule has 0 aliphatic carbocycles. The zero-order valence-electron chi connectivity index (χ0n) is 7.70. The number of anilines is 1. The lowest BCUT2D eigenvalue weighted by atomic mass is 10.2. The van der Waals surface area contributed by atoms with Gasteiger partial charge in [0.25, 0.3) is 0 Å². The van der Waals surface area contributed by atoms with Crippen molar-refractivity contribution in [2.24, 2.45) is 5.73 Å². The van der Waals surface area contributed by atoms with Gasteiger partial charge in [0.1, 0.15) is 12.1 Å². The number of amides is 1. The number of primary amides is 1. The van der Waals surface area contributed by atoms with Crippen LogP contribution < -0.4 is 11.1 Å². The lowest BCUT2D eigenvalue weighted by Crippen LogP contribution is -2.24. The van der Waals surface area contributed by atoms with E-state index in [1.807, 2.05) is 6.92 Å². The van der Waals surface area contributed by atoms with Gasteiger partial charge < -0.3 is 11.1 Å². The highest BCUT2D eigenvalue weighted by Crippen LogP contribution is 2.18. The van der Waals surface area contributed by atoms with Crippen LogP contribution in [0.25, 0.3) is 0 Å². The van der Waals surface area contributed by atoms with Crippen LogP contribution in [0.3, 0.4) is 0 Å². The van der Waals surface area contributed by atoms with Crippen LogP contribution in [0.4, 0.5) is 5.82 Å². The Morgan fingerprint density at radius 3 is 3.07 bits per heavy atom. The molecule has 0 saturated heterocycles. The minimum absolute atomic E-state index is 0.0429. The topological polar surface area (TPSA) is 80.9 Å². The van der Waals surface area contributed by atoms with Crippen LogP contribution >= 0.6 is 15.9 Å². The Labute approximate surface area is 90.2 Å². The molecule has 0 aromatic carbocycles. The summed E-state index contributed by atoms with van der Waals surface area (Å²) in [4.78, 5) is 18.5. The highest BCUT2D eigenvalue weighted by Gasteiger charge is 2.08. The summed E-state index contributed by atoms with van der Waals surface area (Å²) in [5, 5.41) is 3.04. The second kappa shape index (κ2) is 4.90. The zero-order chi connectivity index (χ0) is 10.6. The Morgan fingerprint density at radius 1 is 1.79 bits per heavy atom. The number of nitrogens with zero attached hydrogens (tertiary/aromatic N) is 2. The van der Waals surface area contributed by atoms with Gasteiger partial charge in [0.05, 0.1) is 4.47 Å². The number of hydrogen-bond donors (Lipinski definition) is 2. The number of rotatable bonds is 4. The molecule has 1 rings (SSSR count). The van der Waals surface area contributed by atoms with Gasteiger partial charge in [-0.15, -0.1) is 0 Å². The largest absolute Gasteiger partial charge is 0.370 e. The molecule has 3 N–H and O–H groups in total. The maximum Gasteiger partial charge on any atom is 0.219 e. The van der Waals surface area contributed by atoms with Gasteiger partial charge in [0.15, 0.2) is 0 Å². The summed E-state index contributed by atoms with van der Waals surface area (Å²) in [6, 6.07) is -0.0429. The maximum absolute atomic E-state index is 10.6. The molecule has 0 spiro atoms. The highest BCUT2D eigenvalue weighted by atomic mass is 79.9. The Kier molecular flexibility index (Phi) is 3.82. The van der Waals surface area contributed by atoms with Crippen LogP contribution in [-0.2, 0) is 4.79 Å². The van der Waals surface area contributed by atoms with Crippen molar-refractivity contribution in [3.63, 3.8) is 0 Å². The average molecular weight is 259 g/mol. The zero-order valence-corrected chi connectivity index (χ0v) is 9.28. The van der Waals surface area contributed by atoms with Crippen molar-refractivity contribution in [3.8, 4) is 0 Å². The summed E-state index contributed by atoms with van der Waals surface area (Å²) >= 11 is 3.29. The van der Waals surface area contributed by atoms with E-state index in [1.54, 1.807) is 6.20 Å². The van der Waals surface area contributed by atoms with Crippen molar-refractivity contribution < 1.29 is 4.79 Å². The van der Waals surface area contributed by atoms with Gasteiger partial charge in [-0.1, -0.05) is 0 Å². The third kappa shape index (κ3) is 3.29. The van der Waals surface area contributed by atoms with E-state index in [4.69, 9.17) is 5.73 Å². The summed E-state index contributed by atoms with van der Waals surface area (Å²) in [5.41, 5.74) is 5.06. The standard InChI is InChI=1S/C8H11BrN4O/c1-5(2-7(10)14)13-8-6(9)3-11-4-12-8/h3-5H,2H2,1H3,(H2,10,14)(H,11,12,13). The number of carbonyl (C=O) groups is 1. The predicted molar refractivity (Wildman–Crippen MR) is 56.6 cm³/mol. The fourth-order valence-electron chi connectivity index (χ4n) is 1.01. The summed E-state index contributed by atoms with van der Waals surface area (Å²) in [5.74, 6) is 0.323. The molecule has 1 unspecified atom stereocenters. The van der Waals surface area contributed by atoms with Crippen LogP contribution in [0.1, 0.15) is 13.3 Å². The van der Waals surface area contributed by atoms with Gasteiger partial charge in [-0.05, 0) is 22.9 Å². The smallest absolute Gasteiger partial charge is 0.219 e. The molecule has 0 bridgehead atoms. The van der Waals surface area contributed by atoms with Crippen LogP contribution in [0.2, 0.25) is 0 Å². The first-order valence-electron chi connectivity index (χ1n) is 4.10. The Balaban J connectivity index is 2.60. The molecule has 14 heavy (non-hydrogen) atoms. The quantitative estimate of drug-likeness (QED) is 0.842. The van der Waals surface area contributed by atoms with Crippen molar-refractivity contribution in [1.82, 2.24) is 9.97 Å². The van der Waals surface area contributed by atoms with E-state index in [-0.39, 0.29) is 18.4 Å². The van der Waals surface area contributed by atoms with Crippen molar-refractivity contribution in [1.29, 1.82) is 0 Å². The van der Waals surface area contributed by atoms with Crippen molar-refractivity contribution in [3.05, 3.63) is 17.0 Å². The Bertz CT molecular complexity index is 331. The van der Waals surface area contributed by atoms with Gasteiger partial charge >= 0.3 is 0 Å². The van der Waals surface area contributed by atoms with E-state index in [1.165, 1.54) is 6.33 Å². The molecule has 5 nitrogen and oxygen atoms in total. The van der Waals surface area contributed by atoms with Crippen molar-refractivity contribution in [2.75, 3.05) is 5.32 Å². The van der Waals surface area contributed by atoms with Gasteiger partial charge in [-0.3, -0.25) is 4.79 Å². The third-order valence-corrected chi connectivity index (χ3v) is 2.14. The first-order chi connectivity index (χ1) is 6.59. The number of halogens is 1. The van der Waals surface area contributed by atoms with Crippen molar-refractivity contribution in [2.45, 2.75) is 19.4 Å². The molecule has 0 aliphatic rings. The molecular weight excluding hydrogens is 248 g/mol. The molecule has 76 valence electrons. The van der Waals surface area contributed by atoms with E-state index in [9.17, 15) is 4.79 Å². The minimum atomic E-state index is -0.338. The lowest BCUT2D eigenvalue weighted by Gasteiger charge is -2.12. The number of carbonyl (C=O) groups excluding carboxylic acids is 1. The SMILES string of the molecule is CC(CC(N)=O)Nc1ncncc1Br. The van der Waals surface area contributed by atoms with Gasteiger partial charge in [0, 0.05) is 18.7 Å². The monoisotopic (exact) mass is 258 g/mol. The Hall–Kier alpha value is -1.17. The van der Waals surface area contributed by atoms with Crippen LogP contribution in [0.5, 0.6) is 0 Å². The Morgan fingerprint density at radius 2 is 2.50 bits per heavy atom. The van der Waals surface area contributed by atoms with E-state index >= 15 is 0 Å². The van der Waals surface area contributed by atoms with Crippen LogP contribution in [0.15, 0.2) is 17.0 Å². The summed E-state index contributed by atoms with van der Waals surface area (Å²) in [6.07, 6.45) is 3.34. The van der Waals surface area contributed by atoms with Crippen LogP contribution in [0, 0.1) is 0 Å². The molecule has 6 heteroatoms. The molecule has 1 atom stereocenters. The van der Waals surface area contributed by atoms with E-state index in [0.717, 1.165) is 4.47 Å². The number of nitrogens with one attached hydrogen (secondary N) is 1. The molecule has 1 amide bonds. The minimum Gasteiger partial charge on any atom is -0.370 e. The van der Waals surface area contributed by atoms with Crippen LogP contribution in [-0.4, -0.2) is 21.9 Å². The number of nitrogens with two attached hydrogens (primary N) is 1. The molecular formula is C8H11BrN4O. The first-order valence-corrected chi connectivity index (χ1v) is 4.89. The highest BCUT2D eigenvalue weighted by molar-refractivity contribution is 9.10.